The molecule has 6 nitrogen and oxygen atoms in total. The molecule has 29 heavy (non-hydrogen) atoms. The van der Waals surface area contributed by atoms with E-state index in [4.69, 9.17) is 5.73 Å². The maximum absolute atomic E-state index is 5.88. The summed E-state index contributed by atoms with van der Waals surface area (Å²) >= 11 is 0. The van der Waals surface area contributed by atoms with Crippen LogP contribution < -0.4 is 10.3 Å². The lowest BCUT2D eigenvalue weighted by Gasteiger charge is -2.35. The average molecular weight is 388 g/mol. The predicted octanol–water partition coefficient (Wildman–Crippen LogP) is 3.41. The summed E-state index contributed by atoms with van der Waals surface area (Å²) in [7, 11) is 1.64. The van der Waals surface area contributed by atoms with Crippen molar-refractivity contribution in [2.24, 2.45) is 10.7 Å². The molecule has 0 saturated carbocycles. The number of hydrogen-bond acceptors (Lipinski definition) is 3. The first-order valence-electron chi connectivity index (χ1n) is 9.98. The normalized spacial score (nSPS) is 15.2. The summed E-state index contributed by atoms with van der Waals surface area (Å²) in [5.41, 5.74) is 13.3. The van der Waals surface area contributed by atoms with E-state index in [1.54, 1.807) is 17.9 Å². The number of fused-ring (bicyclic) bond motifs is 3. The summed E-state index contributed by atoms with van der Waals surface area (Å²) in [6, 6.07) is 10.7. The SMILES string of the molecule is C=C1c2ccc(-n3cc(C(N)=NC)nn3)cc2-c2c(C)ccc[n+]2C1(CC)CC. The third-order valence-corrected chi connectivity index (χ3v) is 6.23. The summed E-state index contributed by atoms with van der Waals surface area (Å²) in [4.78, 5) is 3.99. The topological polar surface area (TPSA) is 73.0 Å². The minimum absolute atomic E-state index is 0.109. The van der Waals surface area contributed by atoms with Crippen molar-refractivity contribution in [3.63, 3.8) is 0 Å². The van der Waals surface area contributed by atoms with Crippen molar-refractivity contribution in [2.75, 3.05) is 7.05 Å². The number of amidine groups is 1. The first-order chi connectivity index (χ1) is 14.0. The lowest BCUT2D eigenvalue weighted by Crippen LogP contribution is -2.59. The number of allylic oxidation sites excluding steroid dienone is 1. The van der Waals surface area contributed by atoms with Crippen molar-refractivity contribution < 1.29 is 4.57 Å². The van der Waals surface area contributed by atoms with E-state index in [9.17, 15) is 0 Å². The fourth-order valence-electron chi connectivity index (χ4n) is 4.49. The average Bonchev–Trinajstić information content (AvgIpc) is 3.24. The molecule has 1 aliphatic heterocycles. The maximum Gasteiger partial charge on any atom is 0.216 e. The number of aryl methyl sites for hydroxylation is 1. The van der Waals surface area contributed by atoms with Gasteiger partial charge in [-0.15, -0.1) is 5.10 Å². The monoisotopic (exact) mass is 387 g/mol. The van der Waals surface area contributed by atoms with Crippen molar-refractivity contribution >= 4 is 11.4 Å². The van der Waals surface area contributed by atoms with E-state index in [1.165, 1.54) is 16.8 Å². The number of pyridine rings is 1. The molecule has 3 aromatic rings. The summed E-state index contributed by atoms with van der Waals surface area (Å²) in [5.74, 6) is 0.370. The quantitative estimate of drug-likeness (QED) is 0.424. The molecule has 0 saturated heterocycles. The number of nitrogens with zero attached hydrogens (tertiary/aromatic N) is 5. The van der Waals surface area contributed by atoms with E-state index in [0.717, 1.165) is 29.7 Å². The Morgan fingerprint density at radius 2 is 2.00 bits per heavy atom. The van der Waals surface area contributed by atoms with Gasteiger partial charge in [-0.3, -0.25) is 4.99 Å². The molecule has 1 aromatic carbocycles. The Morgan fingerprint density at radius 3 is 2.69 bits per heavy atom. The van der Waals surface area contributed by atoms with Gasteiger partial charge in [-0.2, -0.15) is 4.57 Å². The van der Waals surface area contributed by atoms with E-state index in [2.05, 4.69) is 83.8 Å². The summed E-state index contributed by atoms with van der Waals surface area (Å²) in [6.07, 6.45) is 5.97. The molecule has 0 spiro atoms. The molecular weight excluding hydrogens is 360 g/mol. The molecule has 0 unspecified atom stereocenters. The van der Waals surface area contributed by atoms with Gasteiger partial charge in [-0.05, 0) is 30.7 Å². The van der Waals surface area contributed by atoms with Crippen molar-refractivity contribution in [3.8, 4) is 16.9 Å². The highest BCUT2D eigenvalue weighted by Gasteiger charge is 2.47. The molecule has 148 valence electrons. The number of aliphatic imine (C=N–C) groups is 1. The molecule has 0 aliphatic carbocycles. The van der Waals surface area contributed by atoms with Gasteiger partial charge in [-0.1, -0.05) is 31.7 Å². The number of nitrogens with two attached hydrogens (primary N) is 1. The van der Waals surface area contributed by atoms with Gasteiger partial charge in [0.15, 0.2) is 11.7 Å². The van der Waals surface area contributed by atoms with Gasteiger partial charge in [0.05, 0.1) is 17.4 Å². The van der Waals surface area contributed by atoms with Crippen LogP contribution in [-0.2, 0) is 5.54 Å². The highest BCUT2D eigenvalue weighted by molar-refractivity contribution is 5.95. The molecule has 0 radical (unpaired) electrons. The van der Waals surface area contributed by atoms with Crippen LogP contribution >= 0.6 is 0 Å². The molecule has 0 amide bonds. The zero-order valence-electron chi connectivity index (χ0n) is 17.5. The molecule has 1 aliphatic rings. The van der Waals surface area contributed by atoms with Crippen LogP contribution in [0.1, 0.15) is 43.5 Å². The maximum atomic E-state index is 5.88. The molecule has 2 N–H and O–H groups in total. The van der Waals surface area contributed by atoms with E-state index in [1.807, 2.05) is 0 Å². The zero-order valence-corrected chi connectivity index (χ0v) is 17.5. The lowest BCUT2D eigenvalue weighted by atomic mass is 9.75. The van der Waals surface area contributed by atoms with Crippen LogP contribution in [0.5, 0.6) is 0 Å². The number of benzene rings is 1. The molecule has 3 heterocycles. The van der Waals surface area contributed by atoms with E-state index >= 15 is 0 Å². The second-order valence-corrected chi connectivity index (χ2v) is 7.51. The Morgan fingerprint density at radius 1 is 1.24 bits per heavy atom. The number of hydrogen-bond donors (Lipinski definition) is 1. The molecule has 4 rings (SSSR count). The van der Waals surface area contributed by atoms with Crippen molar-refractivity contribution in [1.82, 2.24) is 15.0 Å². The van der Waals surface area contributed by atoms with Gasteiger partial charge in [0.2, 0.25) is 5.69 Å². The van der Waals surface area contributed by atoms with Crippen LogP contribution in [0.15, 0.2) is 54.3 Å². The van der Waals surface area contributed by atoms with Crippen molar-refractivity contribution in [2.45, 2.75) is 39.2 Å². The minimum Gasteiger partial charge on any atom is -0.382 e. The first kappa shape index (κ1) is 19.1. The summed E-state index contributed by atoms with van der Waals surface area (Å²) < 4.78 is 4.14. The second-order valence-electron chi connectivity index (χ2n) is 7.51. The standard InChI is InChI=1S/C23H27N6/c1-6-23(7-2)16(4)18-11-10-17(29-14-20(26-27-29)22(24)25-5)13-19(18)21-15(3)9-8-12-28(21)23/h8-14H,4,6-7H2,1-3,5H3,(H2,24,25)/q+1. The third-order valence-electron chi connectivity index (χ3n) is 6.23. The van der Waals surface area contributed by atoms with Crippen molar-refractivity contribution in [1.29, 1.82) is 0 Å². The van der Waals surface area contributed by atoms with Gasteiger partial charge in [0.1, 0.15) is 11.5 Å². The van der Waals surface area contributed by atoms with Gasteiger partial charge in [-0.25, -0.2) is 4.68 Å². The van der Waals surface area contributed by atoms with Gasteiger partial charge >= 0.3 is 0 Å². The van der Waals surface area contributed by atoms with E-state index in [-0.39, 0.29) is 5.54 Å². The largest absolute Gasteiger partial charge is 0.382 e. The smallest absolute Gasteiger partial charge is 0.216 e. The number of aromatic nitrogens is 4. The lowest BCUT2D eigenvalue weighted by molar-refractivity contribution is -0.741. The van der Waals surface area contributed by atoms with Crippen LogP contribution in [-0.4, -0.2) is 27.9 Å². The Kier molecular flexibility index (Phi) is 4.57. The van der Waals surface area contributed by atoms with Crippen molar-refractivity contribution in [3.05, 3.63) is 66.1 Å². The fraction of sp³-hybridized carbons (Fsp3) is 0.304. The predicted molar refractivity (Wildman–Crippen MR) is 116 cm³/mol. The van der Waals surface area contributed by atoms with Gasteiger partial charge in [0, 0.05) is 37.1 Å². The summed E-state index contributed by atoms with van der Waals surface area (Å²) in [5, 5.41) is 8.38. The Labute approximate surface area is 171 Å². The fourth-order valence-corrected chi connectivity index (χ4v) is 4.49. The molecule has 0 fully saturated rings. The first-order valence-corrected chi connectivity index (χ1v) is 9.98. The van der Waals surface area contributed by atoms with Crippen LogP contribution in [0.4, 0.5) is 0 Å². The second kappa shape index (κ2) is 6.95. The minimum atomic E-state index is -0.109. The number of rotatable bonds is 4. The van der Waals surface area contributed by atoms with Crippen LogP contribution in [0.25, 0.3) is 22.5 Å². The Hall–Kier alpha value is -3.28. The van der Waals surface area contributed by atoms with E-state index < -0.39 is 0 Å². The van der Waals surface area contributed by atoms with E-state index in [0.29, 0.717) is 11.5 Å². The van der Waals surface area contributed by atoms with Gasteiger partial charge < -0.3 is 5.73 Å². The van der Waals surface area contributed by atoms with Crippen LogP contribution in [0.3, 0.4) is 0 Å². The zero-order chi connectivity index (χ0) is 20.8. The van der Waals surface area contributed by atoms with Crippen LogP contribution in [0.2, 0.25) is 0 Å². The highest BCUT2D eigenvalue weighted by atomic mass is 15.4. The molecule has 2 aromatic heterocycles. The van der Waals surface area contributed by atoms with Gasteiger partial charge in [0.25, 0.3) is 0 Å². The van der Waals surface area contributed by atoms with Crippen LogP contribution in [0, 0.1) is 6.92 Å². The Balaban J connectivity index is 1.94. The highest BCUT2D eigenvalue weighted by Crippen LogP contribution is 2.44. The molecule has 0 atom stereocenters. The molecule has 6 heteroatoms. The molecule has 0 bridgehead atoms. The Bertz CT molecular complexity index is 1130. The third kappa shape index (κ3) is 2.70. The summed E-state index contributed by atoms with van der Waals surface area (Å²) in [6.45, 7) is 11.2. The molecular formula is C23H27N6+.